The van der Waals surface area contributed by atoms with E-state index in [1.54, 1.807) is 11.3 Å². The van der Waals surface area contributed by atoms with Crippen molar-refractivity contribution >= 4 is 11.3 Å². The largest absolute Gasteiger partial charge is 0.496 e. The van der Waals surface area contributed by atoms with Crippen LogP contribution in [0, 0.1) is 0 Å². The van der Waals surface area contributed by atoms with Crippen LogP contribution in [0.2, 0.25) is 0 Å². The predicted molar refractivity (Wildman–Crippen MR) is 63.9 cm³/mol. The molecule has 0 bridgehead atoms. The molecule has 2 heterocycles. The highest BCUT2D eigenvalue weighted by Gasteiger charge is 2.17. The molecule has 0 fully saturated rings. The van der Waals surface area contributed by atoms with Gasteiger partial charge >= 0.3 is 0 Å². The Kier molecular flexibility index (Phi) is 3.44. The van der Waals surface area contributed by atoms with E-state index in [1.807, 2.05) is 0 Å². The first kappa shape index (κ1) is 10.7. The molecule has 0 aromatic carbocycles. The fraction of sp³-hybridized carbons (Fsp3) is 0.500. The van der Waals surface area contributed by atoms with Crippen LogP contribution in [-0.2, 0) is 11.2 Å². The molecule has 1 atom stereocenters. The number of rotatable bonds is 3. The van der Waals surface area contributed by atoms with Gasteiger partial charge in [0, 0.05) is 9.75 Å². The number of nitrogens with two attached hydrogens (primary N) is 1. The standard InChI is InChI=1S/C12H17NOS/c1-2-9-6-7-11(15-9)12(13)10-5-3-4-8-14-10/h5-7,12H,2-4,8,13H2,1H3. The van der Waals surface area contributed by atoms with Crippen LogP contribution in [0.15, 0.2) is 24.0 Å². The summed E-state index contributed by atoms with van der Waals surface area (Å²) >= 11 is 1.79. The molecule has 0 aliphatic carbocycles. The summed E-state index contributed by atoms with van der Waals surface area (Å²) in [6.07, 6.45) is 5.41. The molecule has 1 aromatic rings. The fourth-order valence-electron chi connectivity index (χ4n) is 1.69. The van der Waals surface area contributed by atoms with E-state index in [4.69, 9.17) is 10.5 Å². The van der Waals surface area contributed by atoms with Crippen molar-refractivity contribution < 1.29 is 4.74 Å². The number of hydrogen-bond acceptors (Lipinski definition) is 3. The maximum atomic E-state index is 6.15. The summed E-state index contributed by atoms with van der Waals surface area (Å²) in [6.45, 7) is 2.98. The lowest BCUT2D eigenvalue weighted by atomic mass is 10.1. The smallest absolute Gasteiger partial charge is 0.114 e. The Hall–Kier alpha value is -0.800. The predicted octanol–water partition coefficient (Wildman–Crippen LogP) is 3.00. The van der Waals surface area contributed by atoms with Crippen molar-refractivity contribution in [3.05, 3.63) is 33.7 Å². The molecule has 15 heavy (non-hydrogen) atoms. The van der Waals surface area contributed by atoms with E-state index >= 15 is 0 Å². The Morgan fingerprint density at radius 3 is 3.00 bits per heavy atom. The minimum Gasteiger partial charge on any atom is -0.496 e. The summed E-state index contributed by atoms with van der Waals surface area (Å²) in [5.41, 5.74) is 6.15. The normalized spacial score (nSPS) is 18.1. The lowest BCUT2D eigenvalue weighted by molar-refractivity contribution is 0.176. The van der Waals surface area contributed by atoms with Gasteiger partial charge in [-0.2, -0.15) is 0 Å². The Labute approximate surface area is 94.7 Å². The van der Waals surface area contributed by atoms with Crippen molar-refractivity contribution in [2.75, 3.05) is 6.61 Å². The van der Waals surface area contributed by atoms with Crippen LogP contribution >= 0.6 is 11.3 Å². The van der Waals surface area contributed by atoms with Gasteiger partial charge in [-0.15, -0.1) is 11.3 Å². The van der Waals surface area contributed by atoms with Crippen LogP contribution in [0.5, 0.6) is 0 Å². The first-order valence-corrected chi connectivity index (χ1v) is 6.30. The molecular formula is C12H17NOS. The van der Waals surface area contributed by atoms with E-state index in [0.717, 1.165) is 31.6 Å². The molecule has 1 aromatic heterocycles. The van der Waals surface area contributed by atoms with Gasteiger partial charge < -0.3 is 10.5 Å². The summed E-state index contributed by atoms with van der Waals surface area (Å²) in [5, 5.41) is 0. The van der Waals surface area contributed by atoms with Gasteiger partial charge in [-0.25, -0.2) is 0 Å². The van der Waals surface area contributed by atoms with Crippen LogP contribution in [0.3, 0.4) is 0 Å². The molecule has 0 amide bonds. The maximum absolute atomic E-state index is 6.15. The number of thiophene rings is 1. The van der Waals surface area contributed by atoms with E-state index in [0.29, 0.717) is 0 Å². The monoisotopic (exact) mass is 223 g/mol. The second kappa shape index (κ2) is 4.81. The SMILES string of the molecule is CCc1ccc(C(N)C2=CCCCO2)s1. The van der Waals surface area contributed by atoms with Crippen LogP contribution in [0.4, 0.5) is 0 Å². The average Bonchev–Trinajstić information content (AvgIpc) is 2.78. The third kappa shape index (κ3) is 2.41. The molecule has 82 valence electrons. The Morgan fingerprint density at radius 2 is 2.40 bits per heavy atom. The van der Waals surface area contributed by atoms with Crippen molar-refractivity contribution in [3.8, 4) is 0 Å². The zero-order valence-electron chi connectivity index (χ0n) is 9.03. The Bertz CT molecular complexity index is 356. The van der Waals surface area contributed by atoms with Gasteiger partial charge in [0.2, 0.25) is 0 Å². The van der Waals surface area contributed by atoms with Crippen molar-refractivity contribution in [1.29, 1.82) is 0 Å². The second-order valence-corrected chi connectivity index (χ2v) is 4.93. The molecule has 1 unspecified atom stereocenters. The molecule has 2 nitrogen and oxygen atoms in total. The van der Waals surface area contributed by atoms with Crippen molar-refractivity contribution in [1.82, 2.24) is 0 Å². The van der Waals surface area contributed by atoms with Crippen molar-refractivity contribution in [2.45, 2.75) is 32.2 Å². The molecule has 0 radical (unpaired) electrons. The maximum Gasteiger partial charge on any atom is 0.114 e. The van der Waals surface area contributed by atoms with Gasteiger partial charge in [-0.05, 0) is 37.5 Å². The molecule has 2 N–H and O–H groups in total. The molecule has 1 aliphatic heterocycles. The molecule has 0 spiro atoms. The average molecular weight is 223 g/mol. The molecule has 2 rings (SSSR count). The molecule has 0 saturated heterocycles. The van der Waals surface area contributed by atoms with E-state index < -0.39 is 0 Å². The first-order chi connectivity index (χ1) is 7.31. The number of hydrogen-bond donors (Lipinski definition) is 1. The fourth-order valence-corrected chi connectivity index (χ4v) is 2.65. The minimum absolute atomic E-state index is 0.0596. The highest BCUT2D eigenvalue weighted by molar-refractivity contribution is 7.12. The van der Waals surface area contributed by atoms with Gasteiger partial charge in [0.05, 0.1) is 12.6 Å². The van der Waals surface area contributed by atoms with Gasteiger partial charge in [-0.1, -0.05) is 6.92 Å². The summed E-state index contributed by atoms with van der Waals surface area (Å²) in [5.74, 6) is 0.950. The van der Waals surface area contributed by atoms with E-state index in [1.165, 1.54) is 9.75 Å². The second-order valence-electron chi connectivity index (χ2n) is 3.73. The summed E-state index contributed by atoms with van der Waals surface area (Å²) in [4.78, 5) is 2.59. The van der Waals surface area contributed by atoms with E-state index in [9.17, 15) is 0 Å². The number of aryl methyl sites for hydroxylation is 1. The molecule has 3 heteroatoms. The molecule has 1 aliphatic rings. The third-order valence-electron chi connectivity index (χ3n) is 2.61. The quantitative estimate of drug-likeness (QED) is 0.855. The van der Waals surface area contributed by atoms with Gasteiger partial charge in [0.15, 0.2) is 0 Å². The third-order valence-corrected chi connectivity index (χ3v) is 3.92. The van der Waals surface area contributed by atoms with Crippen molar-refractivity contribution in [3.63, 3.8) is 0 Å². The van der Waals surface area contributed by atoms with Crippen molar-refractivity contribution in [2.24, 2.45) is 5.73 Å². The Balaban J connectivity index is 2.12. The lowest BCUT2D eigenvalue weighted by Crippen LogP contribution is -2.16. The van der Waals surface area contributed by atoms with Crippen LogP contribution in [0.1, 0.15) is 35.6 Å². The Morgan fingerprint density at radius 1 is 1.53 bits per heavy atom. The summed E-state index contributed by atoms with van der Waals surface area (Å²) < 4.78 is 5.58. The van der Waals surface area contributed by atoms with Crippen LogP contribution in [-0.4, -0.2) is 6.61 Å². The molecular weight excluding hydrogens is 206 g/mol. The number of allylic oxidation sites excluding steroid dienone is 1. The summed E-state index contributed by atoms with van der Waals surface area (Å²) in [6, 6.07) is 4.21. The zero-order chi connectivity index (χ0) is 10.7. The van der Waals surface area contributed by atoms with E-state index in [2.05, 4.69) is 25.1 Å². The van der Waals surface area contributed by atoms with Gasteiger partial charge in [0.1, 0.15) is 5.76 Å². The zero-order valence-corrected chi connectivity index (χ0v) is 9.85. The highest BCUT2D eigenvalue weighted by atomic mass is 32.1. The first-order valence-electron chi connectivity index (χ1n) is 5.48. The van der Waals surface area contributed by atoms with Crippen LogP contribution in [0.25, 0.3) is 0 Å². The molecule has 0 saturated carbocycles. The van der Waals surface area contributed by atoms with Gasteiger partial charge in [-0.3, -0.25) is 0 Å². The van der Waals surface area contributed by atoms with Crippen LogP contribution < -0.4 is 5.73 Å². The van der Waals surface area contributed by atoms with E-state index in [-0.39, 0.29) is 6.04 Å². The minimum atomic E-state index is -0.0596. The van der Waals surface area contributed by atoms with Gasteiger partial charge in [0.25, 0.3) is 0 Å². The highest BCUT2D eigenvalue weighted by Crippen LogP contribution is 2.29. The number of ether oxygens (including phenoxy) is 1. The lowest BCUT2D eigenvalue weighted by Gasteiger charge is -2.19. The summed E-state index contributed by atoms with van der Waals surface area (Å²) in [7, 11) is 0. The topological polar surface area (TPSA) is 35.2 Å².